The molecule has 3 N–H and O–H groups in total. The van der Waals surface area contributed by atoms with Crippen LogP contribution in [0.15, 0.2) is 72.8 Å². The normalized spacial score (nSPS) is 15.7. The van der Waals surface area contributed by atoms with Gasteiger partial charge in [0.2, 0.25) is 0 Å². The minimum atomic E-state index is 0.205. The molecule has 3 aromatic carbocycles. The summed E-state index contributed by atoms with van der Waals surface area (Å²) in [4.78, 5) is 2.44. The number of hydrazine groups is 1. The van der Waals surface area contributed by atoms with Gasteiger partial charge in [0.25, 0.3) is 0 Å². The van der Waals surface area contributed by atoms with Crippen LogP contribution in [0.2, 0.25) is 5.02 Å². The Kier molecular flexibility index (Phi) is 12.6. The minimum Gasteiger partial charge on any atom is -0.497 e. The van der Waals surface area contributed by atoms with Gasteiger partial charge in [0.15, 0.2) is 0 Å². The summed E-state index contributed by atoms with van der Waals surface area (Å²) in [5, 5.41) is 0.698. The third-order valence-electron chi connectivity index (χ3n) is 7.98. The molecular formula is C35H46ClN3O3. The molecule has 1 saturated heterocycles. The molecule has 1 aliphatic rings. The summed E-state index contributed by atoms with van der Waals surface area (Å²) in [5.41, 5.74) is 8.59. The Morgan fingerprint density at radius 3 is 2.43 bits per heavy atom. The lowest BCUT2D eigenvalue weighted by atomic mass is 9.88. The Bertz CT molecular complexity index is 1260. The highest BCUT2D eigenvalue weighted by Gasteiger charge is 2.14. The van der Waals surface area contributed by atoms with E-state index in [0.717, 1.165) is 81.3 Å². The summed E-state index contributed by atoms with van der Waals surface area (Å²) in [6.45, 7) is 10.0. The quantitative estimate of drug-likeness (QED) is 0.108. The van der Waals surface area contributed by atoms with Crippen LogP contribution in [0.25, 0.3) is 5.57 Å². The van der Waals surface area contributed by atoms with Crippen molar-refractivity contribution in [2.45, 2.75) is 45.4 Å². The fraction of sp³-hybridized carbons (Fsp3) is 0.429. The average Bonchev–Trinajstić information content (AvgIpc) is 3.02. The molecule has 0 radical (unpaired) electrons. The van der Waals surface area contributed by atoms with Gasteiger partial charge in [0, 0.05) is 30.2 Å². The largest absolute Gasteiger partial charge is 0.497 e. The Morgan fingerprint density at radius 2 is 1.74 bits per heavy atom. The lowest BCUT2D eigenvalue weighted by Gasteiger charge is -2.26. The Labute approximate surface area is 256 Å². The summed E-state index contributed by atoms with van der Waals surface area (Å²) < 4.78 is 16.8. The first-order valence-corrected chi connectivity index (χ1v) is 15.5. The standard InChI is InChI=1S/C35H46ClN3O3/c1-26(23-28-6-12-32(40-3)13-7-28)5-8-30(34-25-31(36)11-16-35(34)38-37)24-27(2)29-9-14-33(15-10-29)42-20-4-17-39-18-21-41-22-19-39/h6-7,9-16,24-27,38H,4-5,8,17-23,37H2,1-3H3/b30-24+. The summed E-state index contributed by atoms with van der Waals surface area (Å²) in [7, 11) is 1.70. The summed E-state index contributed by atoms with van der Waals surface area (Å²) in [6.07, 6.45) is 6.33. The molecule has 0 amide bonds. The topological polar surface area (TPSA) is 69.0 Å². The third kappa shape index (κ3) is 9.77. The number of nitrogens with one attached hydrogen (secondary N) is 1. The van der Waals surface area contributed by atoms with Crippen molar-refractivity contribution >= 4 is 22.9 Å². The van der Waals surface area contributed by atoms with Crippen LogP contribution in [-0.2, 0) is 11.2 Å². The zero-order valence-corrected chi connectivity index (χ0v) is 26.0. The Morgan fingerprint density at radius 1 is 1.02 bits per heavy atom. The molecule has 2 atom stereocenters. The molecule has 0 spiro atoms. The highest BCUT2D eigenvalue weighted by molar-refractivity contribution is 6.30. The number of hydrogen-bond donors (Lipinski definition) is 2. The van der Waals surface area contributed by atoms with E-state index in [1.807, 2.05) is 30.3 Å². The average molecular weight is 592 g/mol. The number of ether oxygens (including phenoxy) is 3. The monoisotopic (exact) mass is 591 g/mol. The van der Waals surface area contributed by atoms with Crippen LogP contribution in [0.1, 0.15) is 55.7 Å². The lowest BCUT2D eigenvalue weighted by molar-refractivity contribution is 0.0358. The Hall–Kier alpha value is -3.03. The van der Waals surface area contributed by atoms with E-state index in [2.05, 4.69) is 66.6 Å². The number of morpholine rings is 1. The van der Waals surface area contributed by atoms with E-state index in [-0.39, 0.29) is 5.92 Å². The third-order valence-corrected chi connectivity index (χ3v) is 8.22. The molecule has 0 aliphatic carbocycles. The van der Waals surface area contributed by atoms with Crippen molar-refractivity contribution in [1.29, 1.82) is 0 Å². The number of methoxy groups -OCH3 is 1. The molecule has 0 saturated carbocycles. The van der Waals surface area contributed by atoms with Gasteiger partial charge in [-0.3, -0.25) is 10.7 Å². The number of rotatable bonds is 15. The predicted molar refractivity (Wildman–Crippen MR) is 175 cm³/mol. The molecule has 3 aromatic rings. The smallest absolute Gasteiger partial charge is 0.119 e. The number of nitrogen functional groups attached to an aromatic ring is 1. The second-order valence-corrected chi connectivity index (χ2v) is 11.7. The van der Waals surface area contributed by atoms with Crippen LogP contribution in [0.4, 0.5) is 5.69 Å². The second-order valence-electron chi connectivity index (χ2n) is 11.2. The van der Waals surface area contributed by atoms with E-state index in [9.17, 15) is 0 Å². The maximum absolute atomic E-state index is 6.45. The van der Waals surface area contributed by atoms with Crippen LogP contribution >= 0.6 is 11.6 Å². The van der Waals surface area contributed by atoms with Crippen LogP contribution in [0.3, 0.4) is 0 Å². The number of allylic oxidation sites excluding steroid dienone is 2. The first kappa shape index (κ1) is 31.9. The molecule has 226 valence electrons. The van der Waals surface area contributed by atoms with E-state index in [0.29, 0.717) is 17.5 Å². The van der Waals surface area contributed by atoms with E-state index < -0.39 is 0 Å². The van der Waals surface area contributed by atoms with Gasteiger partial charge in [-0.25, -0.2) is 0 Å². The molecule has 6 nitrogen and oxygen atoms in total. The van der Waals surface area contributed by atoms with Gasteiger partial charge >= 0.3 is 0 Å². The zero-order chi connectivity index (χ0) is 29.7. The van der Waals surface area contributed by atoms with E-state index in [4.69, 9.17) is 31.7 Å². The molecule has 1 fully saturated rings. The van der Waals surface area contributed by atoms with Gasteiger partial charge in [-0.05, 0) is 96.7 Å². The molecule has 0 aromatic heterocycles. The van der Waals surface area contributed by atoms with Crippen molar-refractivity contribution in [3.05, 3.63) is 94.5 Å². The number of anilines is 1. The van der Waals surface area contributed by atoms with Crippen LogP contribution < -0.4 is 20.7 Å². The van der Waals surface area contributed by atoms with Crippen molar-refractivity contribution in [3.8, 4) is 11.5 Å². The lowest BCUT2D eigenvalue weighted by Crippen LogP contribution is -2.37. The molecule has 2 unspecified atom stereocenters. The fourth-order valence-corrected chi connectivity index (χ4v) is 5.62. The summed E-state index contributed by atoms with van der Waals surface area (Å²) in [5.74, 6) is 8.43. The molecule has 0 bridgehead atoms. The molecule has 1 heterocycles. The van der Waals surface area contributed by atoms with Gasteiger partial charge in [-0.1, -0.05) is 55.8 Å². The summed E-state index contributed by atoms with van der Waals surface area (Å²) >= 11 is 6.45. The highest BCUT2D eigenvalue weighted by atomic mass is 35.5. The second kappa shape index (κ2) is 16.6. The van der Waals surface area contributed by atoms with Crippen molar-refractivity contribution in [2.24, 2.45) is 11.8 Å². The molecule has 42 heavy (non-hydrogen) atoms. The van der Waals surface area contributed by atoms with Gasteiger partial charge in [0.1, 0.15) is 11.5 Å². The van der Waals surface area contributed by atoms with Crippen molar-refractivity contribution in [2.75, 3.05) is 52.0 Å². The Balaban J connectivity index is 1.40. The first-order chi connectivity index (χ1) is 20.4. The molecular weight excluding hydrogens is 546 g/mol. The zero-order valence-electron chi connectivity index (χ0n) is 25.3. The van der Waals surface area contributed by atoms with Crippen LogP contribution in [0, 0.1) is 5.92 Å². The van der Waals surface area contributed by atoms with Crippen molar-refractivity contribution in [1.82, 2.24) is 4.90 Å². The fourth-order valence-electron chi connectivity index (χ4n) is 5.45. The van der Waals surface area contributed by atoms with Gasteiger partial charge in [0.05, 0.1) is 32.6 Å². The van der Waals surface area contributed by atoms with E-state index in [1.165, 1.54) is 16.7 Å². The van der Waals surface area contributed by atoms with Crippen LogP contribution in [0.5, 0.6) is 11.5 Å². The maximum atomic E-state index is 6.45. The predicted octanol–water partition coefficient (Wildman–Crippen LogP) is 7.58. The van der Waals surface area contributed by atoms with Gasteiger partial charge in [-0.15, -0.1) is 0 Å². The number of halogens is 1. The van der Waals surface area contributed by atoms with E-state index in [1.54, 1.807) is 7.11 Å². The minimum absolute atomic E-state index is 0.205. The van der Waals surface area contributed by atoms with Gasteiger partial charge < -0.3 is 19.6 Å². The number of nitrogens with zero attached hydrogens (tertiary/aromatic N) is 1. The van der Waals surface area contributed by atoms with Gasteiger partial charge in [-0.2, -0.15) is 0 Å². The van der Waals surface area contributed by atoms with E-state index >= 15 is 0 Å². The number of nitrogens with two attached hydrogens (primary N) is 1. The highest BCUT2D eigenvalue weighted by Crippen LogP contribution is 2.34. The molecule has 1 aliphatic heterocycles. The van der Waals surface area contributed by atoms with Crippen molar-refractivity contribution in [3.63, 3.8) is 0 Å². The number of benzene rings is 3. The molecule has 4 rings (SSSR count). The molecule has 7 heteroatoms. The number of hydrogen-bond acceptors (Lipinski definition) is 6. The van der Waals surface area contributed by atoms with Crippen molar-refractivity contribution < 1.29 is 14.2 Å². The maximum Gasteiger partial charge on any atom is 0.119 e. The SMILES string of the molecule is COc1ccc(CC(C)CC/C(=C\C(C)c2ccc(OCCCN3CCOCC3)cc2)c2cc(Cl)ccc2NN)cc1. The first-order valence-electron chi connectivity index (χ1n) is 15.1. The summed E-state index contributed by atoms with van der Waals surface area (Å²) in [6, 6.07) is 22.7. The van der Waals surface area contributed by atoms with Crippen LogP contribution in [-0.4, -0.2) is 51.5 Å².